The van der Waals surface area contributed by atoms with E-state index in [0.717, 1.165) is 17.3 Å². The van der Waals surface area contributed by atoms with Gasteiger partial charge in [-0.15, -0.1) is 0 Å². The molecule has 0 aliphatic carbocycles. The molecule has 0 aliphatic heterocycles. The maximum Gasteiger partial charge on any atom is 0.283 e. The van der Waals surface area contributed by atoms with Crippen LogP contribution < -0.4 is 11.1 Å². The van der Waals surface area contributed by atoms with Gasteiger partial charge in [-0.3, -0.25) is 4.79 Å². The highest BCUT2D eigenvalue weighted by atomic mass is 32.2. The minimum absolute atomic E-state index is 0.228. The summed E-state index contributed by atoms with van der Waals surface area (Å²) in [6.07, 6.45) is 0. The van der Waals surface area contributed by atoms with Crippen LogP contribution in [0.2, 0.25) is 0 Å². The van der Waals surface area contributed by atoms with Crippen LogP contribution in [0.15, 0.2) is 30.3 Å². The molecule has 0 saturated heterocycles. The quantitative estimate of drug-likeness (QED) is 0.896. The van der Waals surface area contributed by atoms with Crippen LogP contribution in [0.3, 0.4) is 0 Å². The lowest BCUT2D eigenvalue weighted by molar-refractivity contribution is 0.269. The van der Waals surface area contributed by atoms with Crippen molar-refractivity contribution >= 4 is 28.5 Å². The predicted molar refractivity (Wildman–Crippen MR) is 89.6 cm³/mol. The first-order valence-electron chi connectivity index (χ1n) is 6.63. The van der Waals surface area contributed by atoms with Gasteiger partial charge in [-0.05, 0) is 48.4 Å². The summed E-state index contributed by atoms with van der Waals surface area (Å²) in [7, 11) is 0. The van der Waals surface area contributed by atoms with Gasteiger partial charge in [-0.2, -0.15) is 10.5 Å². The highest BCUT2D eigenvalue weighted by molar-refractivity contribution is 8.13. The minimum atomic E-state index is -0.256. The van der Waals surface area contributed by atoms with E-state index in [1.807, 2.05) is 12.1 Å². The number of aryl methyl sites for hydroxylation is 1. The van der Waals surface area contributed by atoms with Crippen molar-refractivity contribution in [3.8, 4) is 12.1 Å². The fourth-order valence-electron chi connectivity index (χ4n) is 1.82. The molecule has 7 heteroatoms. The number of carbonyl (C=O) groups excluding carboxylic acids is 1. The maximum absolute atomic E-state index is 12.0. The van der Waals surface area contributed by atoms with Gasteiger partial charge in [0.25, 0.3) is 5.24 Å². The Kier molecular flexibility index (Phi) is 5.19. The number of nitrogens with zero attached hydrogens (tertiary/aromatic N) is 3. The zero-order chi connectivity index (χ0) is 16.8. The SMILES string of the molecule is Cc1cc(CSC(=O)Nc2ccc(C#N)cc2)c(C#N)nc1N. The van der Waals surface area contributed by atoms with Crippen molar-refractivity contribution in [1.82, 2.24) is 4.98 Å². The second-order valence-corrected chi connectivity index (χ2v) is 5.65. The highest BCUT2D eigenvalue weighted by Gasteiger charge is 2.10. The number of nitrogen functional groups attached to an aromatic ring is 1. The first kappa shape index (κ1) is 16.3. The van der Waals surface area contributed by atoms with Gasteiger partial charge in [0.15, 0.2) is 0 Å². The molecule has 1 aromatic heterocycles. The molecule has 2 aromatic rings. The van der Waals surface area contributed by atoms with E-state index in [2.05, 4.69) is 10.3 Å². The van der Waals surface area contributed by atoms with Crippen molar-refractivity contribution < 1.29 is 4.79 Å². The molecule has 0 radical (unpaired) electrons. The average Bonchev–Trinajstić information content (AvgIpc) is 2.56. The second kappa shape index (κ2) is 7.30. The average molecular weight is 323 g/mol. The lowest BCUT2D eigenvalue weighted by Gasteiger charge is -2.07. The van der Waals surface area contributed by atoms with Gasteiger partial charge in [0.05, 0.1) is 11.6 Å². The van der Waals surface area contributed by atoms with E-state index in [-0.39, 0.29) is 10.9 Å². The number of pyridine rings is 1. The highest BCUT2D eigenvalue weighted by Crippen LogP contribution is 2.21. The summed E-state index contributed by atoms with van der Waals surface area (Å²) >= 11 is 1.03. The van der Waals surface area contributed by atoms with E-state index in [0.29, 0.717) is 28.4 Å². The molecule has 3 N–H and O–H groups in total. The Morgan fingerprint density at radius 1 is 1.30 bits per heavy atom. The largest absolute Gasteiger partial charge is 0.383 e. The van der Waals surface area contributed by atoms with Crippen LogP contribution in [0.5, 0.6) is 0 Å². The van der Waals surface area contributed by atoms with Gasteiger partial charge in [0.1, 0.15) is 17.6 Å². The number of hydrogen-bond acceptors (Lipinski definition) is 6. The molecule has 0 unspecified atom stereocenters. The first-order chi connectivity index (χ1) is 11.0. The van der Waals surface area contributed by atoms with E-state index in [9.17, 15) is 4.79 Å². The molecular weight excluding hydrogens is 310 g/mol. The number of rotatable bonds is 3. The molecule has 2 rings (SSSR count). The molecule has 1 heterocycles. The molecule has 0 spiro atoms. The Hall–Kier alpha value is -3.03. The molecule has 1 amide bonds. The molecule has 1 aromatic carbocycles. The van der Waals surface area contributed by atoms with Crippen molar-refractivity contribution in [3.63, 3.8) is 0 Å². The Labute approximate surface area is 137 Å². The number of nitrogens with two attached hydrogens (primary N) is 1. The van der Waals surface area contributed by atoms with Crippen LogP contribution in [0.4, 0.5) is 16.3 Å². The van der Waals surface area contributed by atoms with Crippen molar-refractivity contribution in [2.75, 3.05) is 11.1 Å². The second-order valence-electron chi connectivity index (χ2n) is 4.70. The third kappa shape index (κ3) is 4.22. The van der Waals surface area contributed by atoms with Crippen molar-refractivity contribution in [2.24, 2.45) is 0 Å². The van der Waals surface area contributed by atoms with Crippen molar-refractivity contribution in [2.45, 2.75) is 12.7 Å². The summed E-state index contributed by atoms with van der Waals surface area (Å²) in [6.45, 7) is 1.80. The Morgan fingerprint density at radius 2 is 2.00 bits per heavy atom. The van der Waals surface area contributed by atoms with Crippen LogP contribution in [-0.2, 0) is 5.75 Å². The molecule has 0 saturated carbocycles. The number of nitrogens with one attached hydrogen (secondary N) is 1. The maximum atomic E-state index is 12.0. The van der Waals surface area contributed by atoms with Gasteiger partial charge < -0.3 is 11.1 Å². The lowest BCUT2D eigenvalue weighted by Crippen LogP contribution is -2.06. The summed E-state index contributed by atoms with van der Waals surface area (Å²) in [5.41, 5.74) is 8.47. The molecule has 114 valence electrons. The lowest BCUT2D eigenvalue weighted by atomic mass is 10.1. The number of aromatic nitrogens is 1. The third-order valence-corrected chi connectivity index (χ3v) is 3.88. The topological polar surface area (TPSA) is 116 Å². The van der Waals surface area contributed by atoms with Crippen molar-refractivity contribution in [3.05, 3.63) is 52.7 Å². The van der Waals surface area contributed by atoms with E-state index in [1.54, 1.807) is 37.3 Å². The Morgan fingerprint density at radius 3 is 2.61 bits per heavy atom. The van der Waals surface area contributed by atoms with Crippen LogP contribution in [0.25, 0.3) is 0 Å². The molecule has 0 aliphatic rings. The fourth-order valence-corrected chi connectivity index (χ4v) is 2.51. The summed E-state index contributed by atoms with van der Waals surface area (Å²) in [4.78, 5) is 16.0. The number of nitriles is 2. The van der Waals surface area contributed by atoms with Crippen LogP contribution in [0.1, 0.15) is 22.4 Å². The number of benzene rings is 1. The van der Waals surface area contributed by atoms with E-state index in [1.165, 1.54) is 0 Å². The minimum Gasteiger partial charge on any atom is -0.383 e. The Bertz CT molecular complexity index is 818. The van der Waals surface area contributed by atoms with E-state index >= 15 is 0 Å². The molecule has 0 bridgehead atoms. The van der Waals surface area contributed by atoms with Crippen molar-refractivity contribution in [1.29, 1.82) is 10.5 Å². The van der Waals surface area contributed by atoms with Gasteiger partial charge >= 0.3 is 0 Å². The fraction of sp³-hybridized carbons (Fsp3) is 0.125. The van der Waals surface area contributed by atoms with Gasteiger partial charge in [-0.1, -0.05) is 11.8 Å². The number of amides is 1. The number of carbonyl (C=O) groups is 1. The summed E-state index contributed by atoms with van der Waals surface area (Å²) in [5.74, 6) is 0.636. The van der Waals surface area contributed by atoms with E-state index < -0.39 is 0 Å². The molecule has 6 nitrogen and oxygen atoms in total. The molecular formula is C16H13N5OS. The normalized spacial score (nSPS) is 9.70. The van der Waals surface area contributed by atoms with Crippen LogP contribution in [0, 0.1) is 29.6 Å². The third-order valence-electron chi connectivity index (χ3n) is 3.06. The molecule has 0 atom stereocenters. The first-order valence-corrected chi connectivity index (χ1v) is 7.62. The smallest absolute Gasteiger partial charge is 0.283 e. The zero-order valence-corrected chi connectivity index (χ0v) is 13.1. The number of anilines is 2. The standard InChI is InChI=1S/C16H13N5OS/c1-10-6-12(14(8-18)21-15(10)19)9-23-16(22)20-13-4-2-11(7-17)3-5-13/h2-6H,9H2,1H3,(H2,19,21)(H,20,22). The van der Waals surface area contributed by atoms with Gasteiger partial charge in [0, 0.05) is 11.4 Å². The predicted octanol–water partition coefficient (Wildman–Crippen LogP) is 3.18. The molecule has 0 fully saturated rings. The monoisotopic (exact) mass is 323 g/mol. The number of thioether (sulfide) groups is 1. The Balaban J connectivity index is 2.00. The summed E-state index contributed by atoms with van der Waals surface area (Å²) in [5, 5.41) is 20.3. The number of hydrogen-bond donors (Lipinski definition) is 2. The molecule has 23 heavy (non-hydrogen) atoms. The van der Waals surface area contributed by atoms with Gasteiger partial charge in [-0.25, -0.2) is 4.98 Å². The zero-order valence-electron chi connectivity index (χ0n) is 12.3. The summed E-state index contributed by atoms with van der Waals surface area (Å²) in [6, 6.07) is 12.3. The van der Waals surface area contributed by atoms with Crippen LogP contribution >= 0.6 is 11.8 Å². The van der Waals surface area contributed by atoms with Crippen LogP contribution in [-0.4, -0.2) is 10.2 Å². The summed E-state index contributed by atoms with van der Waals surface area (Å²) < 4.78 is 0. The van der Waals surface area contributed by atoms with Gasteiger partial charge in [0.2, 0.25) is 0 Å². The van der Waals surface area contributed by atoms with E-state index in [4.69, 9.17) is 16.3 Å².